The van der Waals surface area contributed by atoms with Gasteiger partial charge in [-0.2, -0.15) is 0 Å². The molecule has 0 aliphatic carbocycles. The Hall–Kier alpha value is -1.52. The predicted molar refractivity (Wildman–Crippen MR) is 89.2 cm³/mol. The van der Waals surface area contributed by atoms with Gasteiger partial charge in [0.05, 0.1) is 21.8 Å². The number of benzene rings is 2. The van der Waals surface area contributed by atoms with E-state index in [1.54, 1.807) is 36.4 Å². The number of carbonyl (C=O) groups is 1. The number of nitrogens with two attached hydrogens (primary N) is 1. The molecule has 2 N–H and O–H groups in total. The van der Waals surface area contributed by atoms with Crippen molar-refractivity contribution in [2.24, 2.45) is 0 Å². The third-order valence-electron chi connectivity index (χ3n) is 2.93. The van der Waals surface area contributed by atoms with Crippen LogP contribution in [0.15, 0.2) is 40.9 Å². The Bertz CT molecular complexity index is 673. The van der Waals surface area contributed by atoms with Gasteiger partial charge in [-0.15, -0.1) is 0 Å². The Morgan fingerprint density at radius 2 is 2.10 bits per heavy atom. The Balaban J connectivity index is 2.32. The lowest BCUT2D eigenvalue weighted by Gasteiger charge is -2.10. The average Bonchev–Trinajstić information content (AvgIpc) is 2.48. The normalized spacial score (nSPS) is 10.4. The Kier molecular flexibility index (Phi) is 5.26. The summed E-state index contributed by atoms with van der Waals surface area (Å²) in [6, 6.07) is 10.3. The van der Waals surface area contributed by atoms with Gasteiger partial charge in [0.1, 0.15) is 5.75 Å². The number of carbonyl (C=O) groups excluding carboxylic acids is 1. The standard InChI is InChI=1S/C16H15BrClNO2/c1-2-8-21-14-7-6-10(9-12(14)17)16(20)11-4-3-5-13(19)15(11)18/h3-7,9H,2,8,19H2,1H3. The van der Waals surface area contributed by atoms with Crippen molar-refractivity contribution < 1.29 is 9.53 Å². The molecule has 5 heteroatoms. The van der Waals surface area contributed by atoms with Gasteiger partial charge < -0.3 is 10.5 Å². The van der Waals surface area contributed by atoms with Gasteiger partial charge in [0.25, 0.3) is 0 Å². The number of nitrogen functional groups attached to an aromatic ring is 1. The molecule has 0 aromatic heterocycles. The van der Waals surface area contributed by atoms with E-state index in [0.29, 0.717) is 29.2 Å². The second-order valence-corrected chi connectivity index (χ2v) is 5.76. The van der Waals surface area contributed by atoms with E-state index in [-0.39, 0.29) is 10.8 Å². The van der Waals surface area contributed by atoms with Crippen molar-refractivity contribution in [1.82, 2.24) is 0 Å². The van der Waals surface area contributed by atoms with Crippen LogP contribution >= 0.6 is 27.5 Å². The van der Waals surface area contributed by atoms with Gasteiger partial charge in [-0.1, -0.05) is 24.6 Å². The average molecular weight is 369 g/mol. The van der Waals surface area contributed by atoms with E-state index < -0.39 is 0 Å². The summed E-state index contributed by atoms with van der Waals surface area (Å²) >= 11 is 9.51. The van der Waals surface area contributed by atoms with Crippen LogP contribution in [0.25, 0.3) is 0 Å². The Morgan fingerprint density at radius 1 is 1.33 bits per heavy atom. The maximum atomic E-state index is 12.5. The topological polar surface area (TPSA) is 52.3 Å². The monoisotopic (exact) mass is 367 g/mol. The molecule has 2 rings (SSSR count). The molecule has 0 atom stereocenters. The van der Waals surface area contributed by atoms with Crippen LogP contribution in [0.1, 0.15) is 29.3 Å². The summed E-state index contributed by atoms with van der Waals surface area (Å²) in [6.07, 6.45) is 0.923. The first kappa shape index (κ1) is 15.9. The van der Waals surface area contributed by atoms with Crippen LogP contribution in [0.2, 0.25) is 5.02 Å². The van der Waals surface area contributed by atoms with Gasteiger partial charge in [0.15, 0.2) is 5.78 Å². The van der Waals surface area contributed by atoms with Gasteiger partial charge in [-0.05, 0) is 52.7 Å². The lowest BCUT2D eigenvalue weighted by atomic mass is 10.0. The molecule has 0 aliphatic rings. The van der Waals surface area contributed by atoms with Crippen LogP contribution < -0.4 is 10.5 Å². The molecule has 0 radical (unpaired) electrons. The summed E-state index contributed by atoms with van der Waals surface area (Å²) in [6.45, 7) is 2.67. The van der Waals surface area contributed by atoms with Crippen LogP contribution in [0, 0.1) is 0 Å². The number of ether oxygens (including phenoxy) is 1. The molecule has 0 fully saturated rings. The molecule has 21 heavy (non-hydrogen) atoms. The van der Waals surface area contributed by atoms with E-state index in [4.69, 9.17) is 22.1 Å². The maximum absolute atomic E-state index is 12.5. The smallest absolute Gasteiger partial charge is 0.194 e. The fraction of sp³-hybridized carbons (Fsp3) is 0.188. The summed E-state index contributed by atoms with van der Waals surface area (Å²) in [7, 11) is 0. The van der Waals surface area contributed by atoms with Crippen LogP contribution in [-0.4, -0.2) is 12.4 Å². The number of hydrogen-bond donors (Lipinski definition) is 1. The maximum Gasteiger partial charge on any atom is 0.194 e. The molecular formula is C16H15BrClNO2. The first-order valence-electron chi connectivity index (χ1n) is 6.55. The van der Waals surface area contributed by atoms with E-state index in [0.717, 1.165) is 10.9 Å². The van der Waals surface area contributed by atoms with Crippen LogP contribution in [0.3, 0.4) is 0 Å². The minimum atomic E-state index is -0.171. The highest BCUT2D eigenvalue weighted by Gasteiger charge is 2.15. The fourth-order valence-electron chi connectivity index (χ4n) is 1.85. The van der Waals surface area contributed by atoms with Gasteiger partial charge in [0.2, 0.25) is 0 Å². The first-order valence-corrected chi connectivity index (χ1v) is 7.72. The van der Waals surface area contributed by atoms with Crippen LogP contribution in [0.4, 0.5) is 5.69 Å². The molecule has 2 aromatic carbocycles. The Labute approximate surface area is 137 Å². The Morgan fingerprint density at radius 3 is 2.76 bits per heavy atom. The molecule has 0 aliphatic heterocycles. The molecule has 0 heterocycles. The van der Waals surface area contributed by atoms with Gasteiger partial charge in [-0.3, -0.25) is 4.79 Å². The molecule has 0 bridgehead atoms. The molecule has 0 spiro atoms. The largest absolute Gasteiger partial charge is 0.492 e. The minimum absolute atomic E-state index is 0.171. The molecule has 0 unspecified atom stereocenters. The zero-order valence-corrected chi connectivity index (χ0v) is 13.9. The highest BCUT2D eigenvalue weighted by atomic mass is 79.9. The minimum Gasteiger partial charge on any atom is -0.492 e. The first-order chi connectivity index (χ1) is 10.0. The summed E-state index contributed by atoms with van der Waals surface area (Å²) in [5.74, 6) is 0.544. The number of rotatable bonds is 5. The third kappa shape index (κ3) is 3.57. The van der Waals surface area contributed by atoms with Crippen molar-refractivity contribution in [3.05, 3.63) is 57.0 Å². The van der Waals surface area contributed by atoms with Gasteiger partial charge >= 0.3 is 0 Å². The SMILES string of the molecule is CCCOc1ccc(C(=O)c2cccc(N)c2Cl)cc1Br. The predicted octanol–water partition coefficient (Wildman–Crippen LogP) is 4.70. The highest BCUT2D eigenvalue weighted by Crippen LogP contribution is 2.29. The lowest BCUT2D eigenvalue weighted by molar-refractivity contribution is 0.103. The van der Waals surface area contributed by atoms with Crippen molar-refractivity contribution >= 4 is 39.0 Å². The van der Waals surface area contributed by atoms with Gasteiger partial charge in [-0.25, -0.2) is 0 Å². The van der Waals surface area contributed by atoms with E-state index >= 15 is 0 Å². The molecule has 3 nitrogen and oxygen atoms in total. The summed E-state index contributed by atoms with van der Waals surface area (Å²) < 4.78 is 6.30. The lowest BCUT2D eigenvalue weighted by Crippen LogP contribution is -2.04. The molecule has 2 aromatic rings. The zero-order chi connectivity index (χ0) is 15.4. The highest BCUT2D eigenvalue weighted by molar-refractivity contribution is 9.10. The number of ketones is 1. The van der Waals surface area contributed by atoms with Crippen molar-refractivity contribution in [3.8, 4) is 5.75 Å². The van der Waals surface area contributed by atoms with Crippen LogP contribution in [-0.2, 0) is 0 Å². The van der Waals surface area contributed by atoms with E-state index in [2.05, 4.69) is 15.9 Å². The number of hydrogen-bond acceptors (Lipinski definition) is 3. The quantitative estimate of drug-likeness (QED) is 0.614. The number of halogens is 2. The second kappa shape index (κ2) is 6.96. The van der Waals surface area contributed by atoms with Crippen molar-refractivity contribution in [2.75, 3.05) is 12.3 Å². The molecule has 0 saturated carbocycles. The van der Waals surface area contributed by atoms with E-state index in [1.165, 1.54) is 0 Å². The van der Waals surface area contributed by atoms with Crippen molar-refractivity contribution in [2.45, 2.75) is 13.3 Å². The summed E-state index contributed by atoms with van der Waals surface area (Å²) in [5, 5.41) is 0.282. The van der Waals surface area contributed by atoms with Gasteiger partial charge in [0, 0.05) is 11.1 Å². The molecule has 0 saturated heterocycles. The zero-order valence-electron chi connectivity index (χ0n) is 11.5. The third-order valence-corrected chi connectivity index (χ3v) is 3.97. The molecule has 0 amide bonds. The van der Waals surface area contributed by atoms with Crippen molar-refractivity contribution in [1.29, 1.82) is 0 Å². The van der Waals surface area contributed by atoms with E-state index in [1.807, 2.05) is 6.92 Å². The van der Waals surface area contributed by atoms with Crippen molar-refractivity contribution in [3.63, 3.8) is 0 Å². The summed E-state index contributed by atoms with van der Waals surface area (Å²) in [4.78, 5) is 12.5. The summed E-state index contributed by atoms with van der Waals surface area (Å²) in [5.41, 5.74) is 7.05. The number of anilines is 1. The van der Waals surface area contributed by atoms with Crippen LogP contribution in [0.5, 0.6) is 5.75 Å². The molecular weight excluding hydrogens is 354 g/mol. The molecule has 110 valence electrons. The second-order valence-electron chi connectivity index (χ2n) is 4.53. The fourth-order valence-corrected chi connectivity index (χ4v) is 2.56. The van der Waals surface area contributed by atoms with E-state index in [9.17, 15) is 4.79 Å².